The SMILES string of the molecule is [Co].[Fe].[Nb].[Ta]. The van der Waals surface area contributed by atoms with Crippen molar-refractivity contribution in [2.45, 2.75) is 0 Å². The zero-order valence-corrected chi connectivity index (χ0v) is 9.14. The van der Waals surface area contributed by atoms with Crippen molar-refractivity contribution >= 4 is 0 Å². The molecule has 27 valence electrons. The summed E-state index contributed by atoms with van der Waals surface area (Å²) in [5, 5.41) is 0. The predicted octanol–water partition coefficient (Wildman–Crippen LogP) is -0.0100. The van der Waals surface area contributed by atoms with Crippen molar-refractivity contribution in [3.8, 4) is 0 Å². The molecular weight excluding hydrogens is 389 g/mol. The van der Waals surface area contributed by atoms with Gasteiger partial charge in [-0.15, -0.1) is 0 Å². The van der Waals surface area contributed by atoms with Crippen LogP contribution in [0.2, 0.25) is 0 Å². The Morgan fingerprint density at radius 3 is 1.00 bits per heavy atom. The van der Waals surface area contributed by atoms with Crippen LogP contribution < -0.4 is 0 Å². The molecule has 0 aromatic rings. The van der Waals surface area contributed by atoms with E-state index in [0.29, 0.717) is 0 Å². The largest absolute Gasteiger partial charge is 0 e. The Hall–Kier alpha value is 2.51. The number of hydrogen-bond donors (Lipinski definition) is 0. The second-order valence-corrected chi connectivity index (χ2v) is 0. The minimum absolute atomic E-state index is 0. The molecular formula is CoFeNbTa. The Labute approximate surface area is 77.6 Å². The maximum atomic E-state index is 0. The first-order valence-electron chi connectivity index (χ1n) is 0. The molecule has 0 saturated carbocycles. The number of rotatable bonds is 0. The third-order valence-corrected chi connectivity index (χ3v) is 0. The van der Waals surface area contributed by atoms with Gasteiger partial charge in [-0.1, -0.05) is 0 Å². The van der Waals surface area contributed by atoms with E-state index in [9.17, 15) is 0 Å². The standard InChI is InChI=1S/Co.Fe.Nb.Ta. The van der Waals surface area contributed by atoms with Crippen LogP contribution >= 0.6 is 0 Å². The summed E-state index contributed by atoms with van der Waals surface area (Å²) in [6.45, 7) is 0. The maximum absolute atomic E-state index is 0. The van der Waals surface area contributed by atoms with Crippen LogP contribution in [-0.2, 0) is 78.6 Å². The van der Waals surface area contributed by atoms with Crippen molar-refractivity contribution in [1.29, 1.82) is 0 Å². The van der Waals surface area contributed by atoms with Gasteiger partial charge < -0.3 is 0 Å². The molecule has 0 atom stereocenters. The van der Waals surface area contributed by atoms with Crippen molar-refractivity contribution in [3.05, 3.63) is 0 Å². The van der Waals surface area contributed by atoms with Gasteiger partial charge in [0.25, 0.3) is 0 Å². The van der Waals surface area contributed by atoms with Crippen LogP contribution in [0.1, 0.15) is 0 Å². The van der Waals surface area contributed by atoms with Gasteiger partial charge in [0.05, 0.1) is 0 Å². The first-order chi connectivity index (χ1) is 0. The van der Waals surface area contributed by atoms with Gasteiger partial charge in [0, 0.05) is 78.6 Å². The average molecular weight is 389 g/mol. The van der Waals surface area contributed by atoms with E-state index in [1.165, 1.54) is 0 Å². The van der Waals surface area contributed by atoms with Gasteiger partial charge >= 0.3 is 0 Å². The van der Waals surface area contributed by atoms with Gasteiger partial charge in [0.1, 0.15) is 0 Å². The number of hydrogen-bond acceptors (Lipinski definition) is 0. The maximum Gasteiger partial charge on any atom is 0 e. The second kappa shape index (κ2) is 17.8. The normalized spacial score (nSPS) is 0. The molecule has 0 saturated heterocycles. The van der Waals surface area contributed by atoms with E-state index in [-0.39, 0.29) is 78.6 Å². The molecule has 0 aromatic heterocycles. The van der Waals surface area contributed by atoms with Gasteiger partial charge in [-0.3, -0.25) is 0 Å². The van der Waals surface area contributed by atoms with E-state index in [1.807, 2.05) is 0 Å². The third kappa shape index (κ3) is 8.82. The first kappa shape index (κ1) is 31.4. The molecule has 0 spiro atoms. The monoisotopic (exact) mass is 389 g/mol. The Balaban J connectivity index is 0. The van der Waals surface area contributed by atoms with E-state index in [4.69, 9.17) is 0 Å². The van der Waals surface area contributed by atoms with Crippen LogP contribution in [0.5, 0.6) is 0 Å². The summed E-state index contributed by atoms with van der Waals surface area (Å²) in [6.07, 6.45) is 0. The van der Waals surface area contributed by atoms with Gasteiger partial charge in [0.2, 0.25) is 0 Å². The fourth-order valence-corrected chi connectivity index (χ4v) is 0. The third-order valence-electron chi connectivity index (χ3n) is 0. The molecule has 0 bridgehead atoms. The summed E-state index contributed by atoms with van der Waals surface area (Å²) in [4.78, 5) is 0. The molecule has 0 fully saturated rings. The Kier molecular flexibility index (Phi) is 140. The van der Waals surface area contributed by atoms with Gasteiger partial charge in [0.15, 0.2) is 0 Å². The van der Waals surface area contributed by atoms with Crippen molar-refractivity contribution in [1.82, 2.24) is 0 Å². The smallest absolute Gasteiger partial charge is 0 e. The van der Waals surface area contributed by atoms with Gasteiger partial charge in [-0.2, -0.15) is 0 Å². The van der Waals surface area contributed by atoms with Crippen LogP contribution in [0, 0.1) is 0 Å². The van der Waals surface area contributed by atoms with Crippen LogP contribution in [0.25, 0.3) is 0 Å². The summed E-state index contributed by atoms with van der Waals surface area (Å²) in [5.74, 6) is 0. The molecule has 0 aliphatic heterocycles. The molecule has 0 aliphatic carbocycles. The van der Waals surface area contributed by atoms with E-state index in [2.05, 4.69) is 0 Å². The van der Waals surface area contributed by atoms with Crippen LogP contribution in [0.4, 0.5) is 0 Å². The zero-order valence-electron chi connectivity index (χ0n) is 1.58. The fourth-order valence-electron chi connectivity index (χ4n) is 0. The molecule has 0 aromatic carbocycles. The minimum Gasteiger partial charge on any atom is 0 e. The Morgan fingerprint density at radius 1 is 1.00 bits per heavy atom. The van der Waals surface area contributed by atoms with Crippen LogP contribution in [0.3, 0.4) is 0 Å². The Morgan fingerprint density at radius 2 is 1.00 bits per heavy atom. The van der Waals surface area contributed by atoms with E-state index in [0.717, 1.165) is 0 Å². The zero-order chi connectivity index (χ0) is 0. The second-order valence-electron chi connectivity index (χ2n) is 0. The van der Waals surface area contributed by atoms with Gasteiger partial charge in [-0.05, 0) is 0 Å². The summed E-state index contributed by atoms with van der Waals surface area (Å²) >= 11 is 0. The van der Waals surface area contributed by atoms with Crippen molar-refractivity contribution in [2.75, 3.05) is 0 Å². The fraction of sp³-hybridized carbons (Fsp3) is 0. The molecule has 3 radical (unpaired) electrons. The molecule has 4 heavy (non-hydrogen) atoms. The summed E-state index contributed by atoms with van der Waals surface area (Å²) < 4.78 is 0. The summed E-state index contributed by atoms with van der Waals surface area (Å²) in [6, 6.07) is 0. The molecule has 4 heteroatoms. The van der Waals surface area contributed by atoms with E-state index >= 15 is 0 Å². The Bertz CT molecular complexity index is 8.00. The molecule has 0 aliphatic rings. The predicted molar refractivity (Wildman–Crippen MR) is 0 cm³/mol. The van der Waals surface area contributed by atoms with E-state index in [1.54, 1.807) is 0 Å². The molecule has 0 rings (SSSR count). The summed E-state index contributed by atoms with van der Waals surface area (Å²) in [7, 11) is 0. The molecule has 0 amide bonds. The first-order valence-corrected chi connectivity index (χ1v) is 0. The molecule has 0 N–H and O–H groups in total. The molecule has 0 unspecified atom stereocenters. The molecule has 0 heterocycles. The van der Waals surface area contributed by atoms with Crippen molar-refractivity contribution in [2.24, 2.45) is 0 Å². The topological polar surface area (TPSA) is 0 Å². The summed E-state index contributed by atoms with van der Waals surface area (Å²) in [5.41, 5.74) is 0. The quantitative estimate of drug-likeness (QED) is 0.512. The van der Waals surface area contributed by atoms with Crippen molar-refractivity contribution in [3.63, 3.8) is 0 Å². The van der Waals surface area contributed by atoms with Crippen LogP contribution in [-0.4, -0.2) is 0 Å². The average Bonchev–Trinajstić information content (AvgIpc) is 0. The van der Waals surface area contributed by atoms with Crippen molar-refractivity contribution < 1.29 is 78.6 Å². The van der Waals surface area contributed by atoms with Crippen LogP contribution in [0.15, 0.2) is 0 Å². The van der Waals surface area contributed by atoms with Gasteiger partial charge in [-0.25, -0.2) is 0 Å². The minimum atomic E-state index is 0. The molecule has 0 nitrogen and oxygen atoms in total. The van der Waals surface area contributed by atoms with E-state index < -0.39 is 0 Å².